The first kappa shape index (κ1) is 22.7. The summed E-state index contributed by atoms with van der Waals surface area (Å²) >= 11 is 0. The zero-order valence-corrected chi connectivity index (χ0v) is 18.5. The molecule has 0 unspecified atom stereocenters. The number of hydrogen-bond acceptors (Lipinski definition) is 5. The summed E-state index contributed by atoms with van der Waals surface area (Å²) in [5.41, 5.74) is 1.81. The fourth-order valence-electron chi connectivity index (χ4n) is 3.38. The van der Waals surface area contributed by atoms with Crippen LogP contribution in [-0.2, 0) is 14.8 Å². The molecule has 3 aromatic carbocycles. The normalized spacial score (nSPS) is 14.4. The molecule has 1 aliphatic rings. The van der Waals surface area contributed by atoms with Crippen LogP contribution in [0.1, 0.15) is 20.7 Å². The zero-order valence-electron chi connectivity index (χ0n) is 17.7. The van der Waals surface area contributed by atoms with Crippen LogP contribution in [-0.4, -0.2) is 50.8 Å². The third-order valence-corrected chi connectivity index (χ3v) is 7.05. The Hall–Kier alpha value is -3.53. The fraction of sp³-hybridized carbons (Fsp3) is 0.167. The first-order valence-corrected chi connectivity index (χ1v) is 11.8. The number of nitrogens with zero attached hydrogens (tertiary/aromatic N) is 1. The number of rotatable bonds is 6. The lowest BCUT2D eigenvalue weighted by Crippen LogP contribution is -2.40. The zero-order chi connectivity index (χ0) is 23.3. The lowest BCUT2D eigenvalue weighted by atomic mass is 10.1. The van der Waals surface area contributed by atoms with E-state index >= 15 is 0 Å². The highest BCUT2D eigenvalue weighted by Crippen LogP contribution is 2.20. The van der Waals surface area contributed by atoms with E-state index < -0.39 is 10.0 Å². The number of morpholine rings is 1. The van der Waals surface area contributed by atoms with Crippen molar-refractivity contribution in [3.8, 4) is 0 Å². The monoisotopic (exact) mass is 465 g/mol. The molecular weight excluding hydrogens is 442 g/mol. The summed E-state index contributed by atoms with van der Waals surface area (Å²) in [5, 5.41) is 5.52. The molecule has 0 spiro atoms. The van der Waals surface area contributed by atoms with Crippen molar-refractivity contribution in [3.05, 3.63) is 90.0 Å². The van der Waals surface area contributed by atoms with Crippen molar-refractivity contribution in [1.29, 1.82) is 0 Å². The smallest absolute Gasteiger partial charge is 0.255 e. The summed E-state index contributed by atoms with van der Waals surface area (Å²) in [7, 11) is -3.60. The predicted octanol–water partition coefficient (Wildman–Crippen LogP) is 3.21. The lowest BCUT2D eigenvalue weighted by Gasteiger charge is -2.26. The van der Waals surface area contributed by atoms with Crippen LogP contribution in [0.3, 0.4) is 0 Å². The lowest BCUT2D eigenvalue weighted by molar-refractivity contribution is 0.0730. The molecule has 33 heavy (non-hydrogen) atoms. The third-order valence-electron chi connectivity index (χ3n) is 5.14. The maximum absolute atomic E-state index is 12.7. The Kier molecular flexibility index (Phi) is 6.83. The fourth-order valence-corrected chi connectivity index (χ4v) is 4.79. The molecule has 0 bridgehead atoms. The summed E-state index contributed by atoms with van der Waals surface area (Å²) in [6, 6.07) is 21.4. The molecule has 0 aliphatic carbocycles. The van der Waals surface area contributed by atoms with Gasteiger partial charge in [-0.2, -0.15) is 4.31 Å². The van der Waals surface area contributed by atoms with Gasteiger partial charge in [0.05, 0.1) is 18.1 Å². The van der Waals surface area contributed by atoms with Gasteiger partial charge in [0.15, 0.2) is 0 Å². The highest BCUT2D eigenvalue weighted by Gasteiger charge is 2.26. The summed E-state index contributed by atoms with van der Waals surface area (Å²) < 4.78 is 32.0. The van der Waals surface area contributed by atoms with Crippen LogP contribution >= 0.6 is 0 Å². The number of benzene rings is 3. The molecule has 0 aromatic heterocycles. The minimum absolute atomic E-state index is 0.160. The van der Waals surface area contributed by atoms with Crippen LogP contribution in [0.15, 0.2) is 83.8 Å². The van der Waals surface area contributed by atoms with Gasteiger partial charge in [0, 0.05) is 35.6 Å². The van der Waals surface area contributed by atoms with Crippen molar-refractivity contribution in [1.82, 2.24) is 4.31 Å². The van der Waals surface area contributed by atoms with Crippen molar-refractivity contribution in [2.75, 3.05) is 36.9 Å². The Labute approximate surface area is 192 Å². The van der Waals surface area contributed by atoms with Crippen LogP contribution in [0.2, 0.25) is 0 Å². The molecule has 1 aliphatic heterocycles. The molecule has 1 fully saturated rings. The van der Waals surface area contributed by atoms with Gasteiger partial charge in [0.2, 0.25) is 10.0 Å². The van der Waals surface area contributed by atoms with Gasteiger partial charge in [-0.15, -0.1) is 0 Å². The van der Waals surface area contributed by atoms with E-state index in [0.717, 1.165) is 0 Å². The van der Waals surface area contributed by atoms with Crippen LogP contribution in [0.25, 0.3) is 0 Å². The van der Waals surface area contributed by atoms with Crippen LogP contribution in [0.4, 0.5) is 11.4 Å². The first-order valence-electron chi connectivity index (χ1n) is 10.4. The molecule has 2 N–H and O–H groups in total. The number of carbonyl (C=O) groups is 2. The van der Waals surface area contributed by atoms with Crippen molar-refractivity contribution in [2.45, 2.75) is 4.90 Å². The van der Waals surface area contributed by atoms with E-state index in [4.69, 9.17) is 4.74 Å². The first-order chi connectivity index (χ1) is 15.9. The van der Waals surface area contributed by atoms with Crippen LogP contribution in [0.5, 0.6) is 0 Å². The molecule has 9 heteroatoms. The van der Waals surface area contributed by atoms with E-state index in [0.29, 0.717) is 48.8 Å². The Morgan fingerprint density at radius 3 is 2.03 bits per heavy atom. The highest BCUT2D eigenvalue weighted by atomic mass is 32.2. The Morgan fingerprint density at radius 1 is 0.727 bits per heavy atom. The molecule has 170 valence electrons. The Bertz CT molecular complexity index is 1240. The van der Waals surface area contributed by atoms with E-state index in [9.17, 15) is 18.0 Å². The van der Waals surface area contributed by atoms with E-state index in [1.807, 2.05) is 6.07 Å². The SMILES string of the molecule is O=C(Nc1cccc(C(=O)Nc2ccc(S(=O)(=O)N3CCOCC3)cc2)c1)c1ccccc1. The number of carbonyl (C=O) groups excluding carboxylic acids is 2. The average Bonchev–Trinajstić information content (AvgIpc) is 2.85. The summed E-state index contributed by atoms with van der Waals surface area (Å²) in [6.07, 6.45) is 0. The summed E-state index contributed by atoms with van der Waals surface area (Å²) in [6.45, 7) is 1.38. The molecule has 0 atom stereocenters. The average molecular weight is 466 g/mol. The number of sulfonamides is 1. The van der Waals surface area contributed by atoms with Crippen molar-refractivity contribution >= 4 is 33.2 Å². The Balaban J connectivity index is 1.42. The largest absolute Gasteiger partial charge is 0.379 e. The number of anilines is 2. The molecule has 4 rings (SSSR count). The third kappa shape index (κ3) is 5.46. The second kappa shape index (κ2) is 9.95. The van der Waals surface area contributed by atoms with Crippen molar-refractivity contribution < 1.29 is 22.7 Å². The minimum atomic E-state index is -3.60. The van der Waals surface area contributed by atoms with Gasteiger partial charge in [-0.1, -0.05) is 24.3 Å². The van der Waals surface area contributed by atoms with E-state index in [1.54, 1.807) is 60.7 Å². The van der Waals surface area contributed by atoms with Gasteiger partial charge >= 0.3 is 0 Å². The molecule has 3 aromatic rings. The second-order valence-electron chi connectivity index (χ2n) is 7.40. The van der Waals surface area contributed by atoms with Gasteiger partial charge in [0.25, 0.3) is 11.8 Å². The number of amides is 2. The molecule has 2 amide bonds. The maximum Gasteiger partial charge on any atom is 0.255 e. The minimum Gasteiger partial charge on any atom is -0.379 e. The number of ether oxygens (including phenoxy) is 1. The van der Waals surface area contributed by atoms with E-state index in [-0.39, 0.29) is 16.7 Å². The van der Waals surface area contributed by atoms with E-state index in [1.165, 1.54) is 16.4 Å². The van der Waals surface area contributed by atoms with Crippen LogP contribution < -0.4 is 10.6 Å². The molecule has 0 saturated carbocycles. The molecule has 0 radical (unpaired) electrons. The molecule has 1 heterocycles. The standard InChI is InChI=1S/C24H23N3O5S/c28-23(18-5-2-1-3-6-18)26-21-8-4-7-19(17-21)24(29)25-20-9-11-22(12-10-20)33(30,31)27-13-15-32-16-14-27/h1-12,17H,13-16H2,(H,25,29)(H,26,28). The van der Waals surface area contributed by atoms with Gasteiger partial charge in [-0.25, -0.2) is 8.42 Å². The number of hydrogen-bond donors (Lipinski definition) is 2. The second-order valence-corrected chi connectivity index (χ2v) is 9.33. The summed E-state index contributed by atoms with van der Waals surface area (Å²) in [5.74, 6) is -0.653. The van der Waals surface area contributed by atoms with E-state index in [2.05, 4.69) is 10.6 Å². The highest BCUT2D eigenvalue weighted by molar-refractivity contribution is 7.89. The van der Waals surface area contributed by atoms with Gasteiger partial charge < -0.3 is 15.4 Å². The van der Waals surface area contributed by atoms with Crippen LogP contribution in [0, 0.1) is 0 Å². The topological polar surface area (TPSA) is 105 Å². The Morgan fingerprint density at radius 2 is 1.33 bits per heavy atom. The molecular formula is C24H23N3O5S. The van der Waals surface area contributed by atoms with Gasteiger partial charge in [-0.05, 0) is 54.6 Å². The quantitative estimate of drug-likeness (QED) is 0.582. The number of nitrogens with one attached hydrogen (secondary N) is 2. The summed E-state index contributed by atoms with van der Waals surface area (Å²) in [4.78, 5) is 25.2. The van der Waals surface area contributed by atoms with Gasteiger partial charge in [-0.3, -0.25) is 9.59 Å². The maximum atomic E-state index is 12.7. The van der Waals surface area contributed by atoms with Gasteiger partial charge in [0.1, 0.15) is 0 Å². The van der Waals surface area contributed by atoms with Crippen molar-refractivity contribution in [3.63, 3.8) is 0 Å². The molecule has 8 nitrogen and oxygen atoms in total. The predicted molar refractivity (Wildman–Crippen MR) is 125 cm³/mol. The van der Waals surface area contributed by atoms with Crippen molar-refractivity contribution in [2.24, 2.45) is 0 Å². The molecule has 1 saturated heterocycles.